The van der Waals surface area contributed by atoms with Crippen molar-refractivity contribution in [2.45, 2.75) is 38.6 Å². The maximum absolute atomic E-state index is 5.70. The van der Waals surface area contributed by atoms with Crippen LogP contribution in [0, 0.1) is 11.8 Å². The highest BCUT2D eigenvalue weighted by molar-refractivity contribution is 5.14. The van der Waals surface area contributed by atoms with Crippen molar-refractivity contribution in [1.82, 2.24) is 15.6 Å². The topological polar surface area (TPSA) is 73.1 Å². The zero-order valence-corrected chi connectivity index (χ0v) is 11.1. The van der Waals surface area contributed by atoms with E-state index >= 15 is 0 Å². The fourth-order valence-electron chi connectivity index (χ4n) is 2.85. The fourth-order valence-corrected chi connectivity index (χ4v) is 2.85. The number of nitrogens with zero attached hydrogens (tertiary/aromatic N) is 2. The SMILES string of the molecule is COc1ccc(C(NN)C2CCCC(C)C2)nn1. The van der Waals surface area contributed by atoms with Gasteiger partial charge in [-0.2, -0.15) is 5.10 Å². The van der Waals surface area contributed by atoms with Crippen molar-refractivity contribution in [3.63, 3.8) is 0 Å². The average molecular weight is 250 g/mol. The number of rotatable bonds is 4. The first-order valence-corrected chi connectivity index (χ1v) is 6.58. The van der Waals surface area contributed by atoms with Crippen LogP contribution in [0.25, 0.3) is 0 Å². The highest BCUT2D eigenvalue weighted by atomic mass is 16.5. The third kappa shape index (κ3) is 2.97. The van der Waals surface area contributed by atoms with E-state index in [1.807, 2.05) is 12.1 Å². The molecule has 0 aromatic carbocycles. The van der Waals surface area contributed by atoms with Crippen LogP contribution in [0.2, 0.25) is 0 Å². The van der Waals surface area contributed by atoms with E-state index in [1.54, 1.807) is 7.11 Å². The van der Waals surface area contributed by atoms with Gasteiger partial charge in [-0.05, 0) is 30.7 Å². The fraction of sp³-hybridized carbons (Fsp3) is 0.692. The van der Waals surface area contributed by atoms with Crippen molar-refractivity contribution in [3.8, 4) is 5.88 Å². The summed E-state index contributed by atoms with van der Waals surface area (Å²) in [5.74, 6) is 7.55. The number of hydrogen-bond donors (Lipinski definition) is 2. The van der Waals surface area contributed by atoms with E-state index in [2.05, 4.69) is 22.5 Å². The van der Waals surface area contributed by atoms with Crippen LogP contribution in [0.4, 0.5) is 0 Å². The van der Waals surface area contributed by atoms with E-state index in [0.717, 1.165) is 11.6 Å². The molecule has 1 aromatic rings. The third-order valence-electron chi connectivity index (χ3n) is 3.82. The molecule has 0 aliphatic heterocycles. The quantitative estimate of drug-likeness (QED) is 0.630. The molecule has 5 heteroatoms. The summed E-state index contributed by atoms with van der Waals surface area (Å²) in [5, 5.41) is 8.22. The molecule has 0 bridgehead atoms. The van der Waals surface area contributed by atoms with Gasteiger partial charge in [-0.1, -0.05) is 19.8 Å². The molecule has 1 heterocycles. The van der Waals surface area contributed by atoms with Gasteiger partial charge >= 0.3 is 0 Å². The highest BCUT2D eigenvalue weighted by Crippen LogP contribution is 2.36. The van der Waals surface area contributed by atoms with Gasteiger partial charge in [0.05, 0.1) is 18.8 Å². The van der Waals surface area contributed by atoms with Crippen molar-refractivity contribution in [3.05, 3.63) is 17.8 Å². The first-order valence-electron chi connectivity index (χ1n) is 6.58. The Morgan fingerprint density at radius 3 is 2.78 bits per heavy atom. The molecule has 1 aliphatic rings. The maximum Gasteiger partial charge on any atom is 0.233 e. The van der Waals surface area contributed by atoms with Crippen LogP contribution in [-0.4, -0.2) is 17.3 Å². The Hall–Kier alpha value is -1.20. The maximum atomic E-state index is 5.70. The Morgan fingerprint density at radius 2 is 2.22 bits per heavy atom. The van der Waals surface area contributed by atoms with Crippen LogP contribution in [0.1, 0.15) is 44.3 Å². The molecule has 0 spiro atoms. The zero-order valence-electron chi connectivity index (χ0n) is 11.1. The molecule has 3 unspecified atom stereocenters. The molecule has 0 amide bonds. The molecule has 5 nitrogen and oxygen atoms in total. The summed E-state index contributed by atoms with van der Waals surface area (Å²) in [6.45, 7) is 2.30. The number of methoxy groups -OCH3 is 1. The molecule has 18 heavy (non-hydrogen) atoms. The van der Waals surface area contributed by atoms with Crippen LogP contribution < -0.4 is 16.0 Å². The summed E-state index contributed by atoms with van der Waals surface area (Å²) in [6, 6.07) is 3.86. The van der Waals surface area contributed by atoms with E-state index in [4.69, 9.17) is 10.6 Å². The lowest BCUT2D eigenvalue weighted by Gasteiger charge is -2.32. The predicted octanol–water partition coefficient (Wildman–Crippen LogP) is 1.82. The largest absolute Gasteiger partial charge is 0.480 e. The van der Waals surface area contributed by atoms with E-state index in [-0.39, 0.29) is 6.04 Å². The van der Waals surface area contributed by atoms with Crippen LogP contribution in [0.5, 0.6) is 5.88 Å². The monoisotopic (exact) mass is 250 g/mol. The van der Waals surface area contributed by atoms with Gasteiger partial charge in [-0.25, -0.2) is 0 Å². The molecule has 1 saturated carbocycles. The molecule has 2 rings (SSSR count). The normalized spacial score (nSPS) is 25.7. The molecule has 0 radical (unpaired) electrons. The molecular formula is C13H22N4O. The number of aromatic nitrogens is 2. The minimum Gasteiger partial charge on any atom is -0.480 e. The van der Waals surface area contributed by atoms with Gasteiger partial charge in [-0.3, -0.25) is 11.3 Å². The van der Waals surface area contributed by atoms with Crippen molar-refractivity contribution in [1.29, 1.82) is 0 Å². The third-order valence-corrected chi connectivity index (χ3v) is 3.82. The van der Waals surface area contributed by atoms with Crippen molar-refractivity contribution >= 4 is 0 Å². The second-order valence-corrected chi connectivity index (χ2v) is 5.18. The van der Waals surface area contributed by atoms with E-state index in [9.17, 15) is 0 Å². The summed E-state index contributed by atoms with van der Waals surface area (Å²) in [4.78, 5) is 0. The van der Waals surface area contributed by atoms with Gasteiger partial charge in [0.25, 0.3) is 0 Å². The standard InChI is InChI=1S/C13H22N4O/c1-9-4-3-5-10(8-9)13(15-14)11-6-7-12(18-2)17-16-11/h6-7,9-10,13,15H,3-5,8,14H2,1-2H3. The molecule has 100 valence electrons. The number of ether oxygens (including phenoxy) is 1. The van der Waals surface area contributed by atoms with Crippen LogP contribution in [-0.2, 0) is 0 Å². The second-order valence-electron chi connectivity index (χ2n) is 5.18. The molecule has 3 N–H and O–H groups in total. The Bertz CT molecular complexity index is 368. The predicted molar refractivity (Wildman–Crippen MR) is 69.8 cm³/mol. The summed E-state index contributed by atoms with van der Waals surface area (Å²) in [7, 11) is 1.59. The minimum absolute atomic E-state index is 0.0890. The van der Waals surface area contributed by atoms with Crippen LogP contribution in [0.15, 0.2) is 12.1 Å². The summed E-state index contributed by atoms with van der Waals surface area (Å²) >= 11 is 0. The van der Waals surface area contributed by atoms with Crippen molar-refractivity contribution < 1.29 is 4.74 Å². The lowest BCUT2D eigenvalue weighted by molar-refractivity contribution is 0.220. The van der Waals surface area contributed by atoms with Crippen LogP contribution >= 0.6 is 0 Å². The number of hydrogen-bond acceptors (Lipinski definition) is 5. The first-order chi connectivity index (χ1) is 8.74. The van der Waals surface area contributed by atoms with E-state index in [1.165, 1.54) is 25.7 Å². The van der Waals surface area contributed by atoms with E-state index in [0.29, 0.717) is 11.8 Å². The molecule has 1 aliphatic carbocycles. The number of nitrogens with two attached hydrogens (primary N) is 1. The van der Waals surface area contributed by atoms with Crippen molar-refractivity contribution in [2.75, 3.05) is 7.11 Å². The Kier molecular flexibility index (Phi) is 4.49. The van der Waals surface area contributed by atoms with Gasteiger partial charge < -0.3 is 4.74 Å². The van der Waals surface area contributed by atoms with Crippen molar-refractivity contribution in [2.24, 2.45) is 17.7 Å². The van der Waals surface area contributed by atoms with Gasteiger partial charge in [0.2, 0.25) is 5.88 Å². The second kappa shape index (κ2) is 6.11. The lowest BCUT2D eigenvalue weighted by atomic mass is 9.78. The molecular weight excluding hydrogens is 228 g/mol. The summed E-state index contributed by atoms with van der Waals surface area (Å²) < 4.78 is 5.02. The lowest BCUT2D eigenvalue weighted by Crippen LogP contribution is -2.36. The Morgan fingerprint density at radius 1 is 1.39 bits per heavy atom. The highest BCUT2D eigenvalue weighted by Gasteiger charge is 2.28. The summed E-state index contributed by atoms with van der Waals surface area (Å²) in [6.07, 6.45) is 4.99. The Labute approximate surface area is 108 Å². The average Bonchev–Trinajstić information content (AvgIpc) is 2.40. The summed E-state index contributed by atoms with van der Waals surface area (Å²) in [5.41, 5.74) is 3.80. The molecule has 3 atom stereocenters. The molecule has 1 fully saturated rings. The zero-order chi connectivity index (χ0) is 13.0. The van der Waals surface area contributed by atoms with Gasteiger partial charge in [0.15, 0.2) is 0 Å². The molecule has 1 aromatic heterocycles. The minimum atomic E-state index is 0.0890. The number of hydrazine groups is 1. The van der Waals surface area contributed by atoms with Gasteiger partial charge in [-0.15, -0.1) is 5.10 Å². The van der Waals surface area contributed by atoms with E-state index < -0.39 is 0 Å². The number of nitrogens with one attached hydrogen (secondary N) is 1. The smallest absolute Gasteiger partial charge is 0.233 e. The molecule has 0 saturated heterocycles. The van der Waals surface area contributed by atoms with Crippen LogP contribution in [0.3, 0.4) is 0 Å². The van der Waals surface area contributed by atoms with Gasteiger partial charge in [0, 0.05) is 6.07 Å². The van der Waals surface area contributed by atoms with Gasteiger partial charge in [0.1, 0.15) is 0 Å². The first kappa shape index (κ1) is 13.2. The Balaban J connectivity index is 2.11.